The van der Waals surface area contributed by atoms with Crippen molar-refractivity contribution in [3.63, 3.8) is 0 Å². The van der Waals surface area contributed by atoms with E-state index in [-0.39, 0.29) is 0 Å². The van der Waals surface area contributed by atoms with Crippen molar-refractivity contribution in [2.24, 2.45) is 5.92 Å². The largest absolute Gasteiger partial charge is 0.486 e. The molecule has 0 saturated carbocycles. The highest BCUT2D eigenvalue weighted by Crippen LogP contribution is 2.42. The lowest BCUT2D eigenvalue weighted by Crippen LogP contribution is -2.45. The number of para-hydroxylation sites is 1. The molecule has 0 bridgehead atoms. The molecule has 1 aromatic rings. The highest BCUT2D eigenvalue weighted by molar-refractivity contribution is 5.98. The van der Waals surface area contributed by atoms with Crippen molar-refractivity contribution in [2.45, 2.75) is 12.3 Å². The molecule has 0 radical (unpaired) electrons. The summed E-state index contributed by atoms with van der Waals surface area (Å²) in [6, 6.07) is 5.40. The molecule has 6 nitrogen and oxygen atoms in total. The summed E-state index contributed by atoms with van der Waals surface area (Å²) in [5, 5.41) is 11.9. The lowest BCUT2D eigenvalue weighted by atomic mass is 9.80. The zero-order valence-electron chi connectivity index (χ0n) is 10.8. The van der Waals surface area contributed by atoms with E-state index in [1.807, 2.05) is 6.07 Å². The fourth-order valence-corrected chi connectivity index (χ4v) is 2.82. The van der Waals surface area contributed by atoms with Crippen LogP contribution in [0.3, 0.4) is 0 Å². The predicted molar refractivity (Wildman–Crippen MR) is 68.9 cm³/mol. The van der Waals surface area contributed by atoms with Crippen LogP contribution in [-0.2, 0) is 9.59 Å². The number of hydrogen-bond acceptors (Lipinski definition) is 4. The number of hydrogen-bond donors (Lipinski definition) is 2. The first-order valence-electron chi connectivity index (χ1n) is 6.57. The molecule has 2 heterocycles. The summed E-state index contributed by atoms with van der Waals surface area (Å²) < 4.78 is 11.1. The number of carbonyl (C=O) groups excluding carboxylic acids is 1. The second kappa shape index (κ2) is 5.03. The van der Waals surface area contributed by atoms with E-state index in [9.17, 15) is 14.7 Å². The van der Waals surface area contributed by atoms with Crippen LogP contribution >= 0.6 is 0 Å². The number of benzene rings is 1. The number of amides is 1. The second-order valence-electron chi connectivity index (χ2n) is 4.87. The zero-order valence-corrected chi connectivity index (χ0v) is 10.8. The van der Waals surface area contributed by atoms with Gasteiger partial charge in [0.2, 0.25) is 5.91 Å². The smallest absolute Gasteiger partial charge is 0.316 e. The average molecular weight is 277 g/mol. The number of nitrogens with one attached hydrogen (secondary N) is 1. The third kappa shape index (κ3) is 2.07. The molecular formula is C14H15NO5. The molecule has 2 unspecified atom stereocenters. The van der Waals surface area contributed by atoms with Gasteiger partial charge in [0, 0.05) is 18.0 Å². The number of carboxylic acid groups (broad SMARTS) is 1. The van der Waals surface area contributed by atoms with Crippen molar-refractivity contribution in [1.82, 2.24) is 5.32 Å². The summed E-state index contributed by atoms with van der Waals surface area (Å²) in [5.41, 5.74) is 0.740. The summed E-state index contributed by atoms with van der Waals surface area (Å²) in [6.07, 6.45) is 0.572. The van der Waals surface area contributed by atoms with E-state index in [2.05, 4.69) is 5.32 Å². The molecule has 106 valence electrons. The van der Waals surface area contributed by atoms with E-state index >= 15 is 0 Å². The number of carbonyl (C=O) groups is 2. The molecule has 2 atom stereocenters. The molecule has 2 aliphatic heterocycles. The van der Waals surface area contributed by atoms with Crippen molar-refractivity contribution < 1.29 is 24.2 Å². The topological polar surface area (TPSA) is 84.9 Å². The Hall–Kier alpha value is -2.24. The maximum absolute atomic E-state index is 11.8. The molecule has 1 saturated heterocycles. The lowest BCUT2D eigenvalue weighted by molar-refractivity contribution is -0.149. The van der Waals surface area contributed by atoms with Gasteiger partial charge in [-0.2, -0.15) is 0 Å². The van der Waals surface area contributed by atoms with Gasteiger partial charge in [-0.15, -0.1) is 0 Å². The van der Waals surface area contributed by atoms with E-state index in [0.29, 0.717) is 37.7 Å². The molecule has 2 N–H and O–H groups in total. The van der Waals surface area contributed by atoms with Crippen LogP contribution in [0.4, 0.5) is 0 Å². The van der Waals surface area contributed by atoms with Crippen LogP contribution in [0.25, 0.3) is 0 Å². The van der Waals surface area contributed by atoms with Gasteiger partial charge in [0.1, 0.15) is 19.1 Å². The van der Waals surface area contributed by atoms with E-state index in [1.165, 1.54) is 0 Å². The van der Waals surface area contributed by atoms with Crippen LogP contribution in [0, 0.1) is 5.92 Å². The Labute approximate surface area is 115 Å². The van der Waals surface area contributed by atoms with Crippen LogP contribution in [0.15, 0.2) is 18.2 Å². The van der Waals surface area contributed by atoms with E-state index < -0.39 is 23.7 Å². The van der Waals surface area contributed by atoms with Crippen LogP contribution in [0.1, 0.15) is 17.9 Å². The molecule has 3 rings (SSSR count). The lowest BCUT2D eigenvalue weighted by Gasteiger charge is -2.31. The van der Waals surface area contributed by atoms with Gasteiger partial charge in [-0.05, 0) is 12.5 Å². The highest BCUT2D eigenvalue weighted by Gasteiger charge is 2.40. The minimum absolute atomic E-state index is 0.391. The summed E-state index contributed by atoms with van der Waals surface area (Å²) in [4.78, 5) is 23.2. The van der Waals surface area contributed by atoms with Crippen LogP contribution in [0.5, 0.6) is 11.5 Å². The number of ether oxygens (including phenoxy) is 2. The number of aliphatic carboxylic acids is 1. The third-order valence-corrected chi connectivity index (χ3v) is 3.70. The molecule has 0 aromatic heterocycles. The van der Waals surface area contributed by atoms with Gasteiger partial charge >= 0.3 is 5.97 Å². The maximum Gasteiger partial charge on any atom is 0.316 e. The summed E-state index contributed by atoms with van der Waals surface area (Å²) >= 11 is 0. The molecule has 6 heteroatoms. The van der Waals surface area contributed by atoms with Crippen molar-refractivity contribution in [1.29, 1.82) is 0 Å². The van der Waals surface area contributed by atoms with Gasteiger partial charge in [-0.25, -0.2) is 0 Å². The van der Waals surface area contributed by atoms with Crippen LogP contribution in [-0.4, -0.2) is 36.7 Å². The molecule has 20 heavy (non-hydrogen) atoms. The number of rotatable bonds is 2. The normalized spacial score (nSPS) is 24.9. The van der Waals surface area contributed by atoms with E-state index in [4.69, 9.17) is 9.47 Å². The van der Waals surface area contributed by atoms with Gasteiger partial charge in [0.25, 0.3) is 0 Å². The van der Waals surface area contributed by atoms with Crippen molar-refractivity contribution in [2.75, 3.05) is 19.8 Å². The molecule has 0 aliphatic carbocycles. The van der Waals surface area contributed by atoms with Gasteiger partial charge in [-0.1, -0.05) is 12.1 Å². The first kappa shape index (κ1) is 12.8. The first-order valence-corrected chi connectivity index (χ1v) is 6.57. The molecule has 0 spiro atoms. The molecule has 1 fully saturated rings. The van der Waals surface area contributed by atoms with Gasteiger partial charge in [0.15, 0.2) is 11.5 Å². The number of carboxylic acids is 1. The first-order chi connectivity index (χ1) is 9.68. The molecule has 1 amide bonds. The monoisotopic (exact) mass is 277 g/mol. The third-order valence-electron chi connectivity index (χ3n) is 3.70. The highest BCUT2D eigenvalue weighted by atomic mass is 16.6. The Kier molecular flexibility index (Phi) is 3.22. The van der Waals surface area contributed by atoms with Gasteiger partial charge < -0.3 is 19.9 Å². The Morgan fingerprint density at radius 2 is 2.10 bits per heavy atom. The Bertz CT molecular complexity index is 556. The predicted octanol–water partition coefficient (Wildman–Crippen LogP) is 0.762. The summed E-state index contributed by atoms with van der Waals surface area (Å²) in [5.74, 6) is -1.84. The van der Waals surface area contributed by atoms with Gasteiger partial charge in [-0.3, -0.25) is 9.59 Å². The summed E-state index contributed by atoms with van der Waals surface area (Å²) in [7, 11) is 0. The Morgan fingerprint density at radius 3 is 2.90 bits per heavy atom. The minimum atomic E-state index is -1.11. The minimum Gasteiger partial charge on any atom is -0.486 e. The zero-order chi connectivity index (χ0) is 14.1. The van der Waals surface area contributed by atoms with Crippen molar-refractivity contribution in [3.8, 4) is 11.5 Å². The fourth-order valence-electron chi connectivity index (χ4n) is 2.82. The van der Waals surface area contributed by atoms with E-state index in [1.54, 1.807) is 12.1 Å². The molecular weight excluding hydrogens is 262 g/mol. The molecule has 1 aromatic carbocycles. The van der Waals surface area contributed by atoms with Gasteiger partial charge in [0.05, 0.1) is 0 Å². The van der Waals surface area contributed by atoms with Crippen molar-refractivity contribution >= 4 is 11.9 Å². The number of piperidine rings is 1. The van der Waals surface area contributed by atoms with Crippen molar-refractivity contribution in [3.05, 3.63) is 23.8 Å². The summed E-state index contributed by atoms with van der Waals surface area (Å²) in [6.45, 7) is 1.38. The van der Waals surface area contributed by atoms with E-state index in [0.717, 1.165) is 5.56 Å². The fraction of sp³-hybridized carbons (Fsp3) is 0.429. The van der Waals surface area contributed by atoms with Crippen LogP contribution < -0.4 is 14.8 Å². The quantitative estimate of drug-likeness (QED) is 0.780. The molecule has 2 aliphatic rings. The SMILES string of the molecule is O=C(O)C1C(=O)NCCC1c1cccc2c1OCCO2. The Morgan fingerprint density at radius 1 is 1.30 bits per heavy atom. The second-order valence-corrected chi connectivity index (χ2v) is 4.87. The standard InChI is InChI=1S/C14H15NO5/c16-13-11(14(17)18)8(4-5-15-13)9-2-1-3-10-12(9)20-7-6-19-10/h1-3,8,11H,4-7H2,(H,15,16)(H,17,18). The Balaban J connectivity index is 2.02. The van der Waals surface area contributed by atoms with Crippen LogP contribution in [0.2, 0.25) is 0 Å². The number of fused-ring (bicyclic) bond motifs is 1. The maximum atomic E-state index is 11.8. The average Bonchev–Trinajstić information content (AvgIpc) is 2.46.